The van der Waals surface area contributed by atoms with Crippen molar-refractivity contribution in [3.8, 4) is 0 Å². The van der Waals surface area contributed by atoms with E-state index in [9.17, 15) is 43.5 Å². The molecule has 0 aromatic heterocycles. The van der Waals surface area contributed by atoms with Crippen molar-refractivity contribution >= 4 is 33.6 Å². The first-order chi connectivity index (χ1) is 47.2. The fraction of sp³-hybridized carbons (Fsp3) is 0.709. The average Bonchev–Trinajstić information content (AvgIpc) is 3.74. The highest BCUT2D eigenvalue weighted by molar-refractivity contribution is 7.47. The van der Waals surface area contributed by atoms with Crippen LogP contribution < -0.4 is 0 Å². The molecule has 0 saturated carbocycles. The normalized spacial score (nSPS) is 14.8. The number of esters is 3. The van der Waals surface area contributed by atoms with Gasteiger partial charge in [0.15, 0.2) is 6.10 Å². The van der Waals surface area contributed by atoms with Crippen molar-refractivity contribution in [3.05, 3.63) is 122 Å². The van der Waals surface area contributed by atoms with Crippen LogP contribution >= 0.6 is 15.6 Å². The van der Waals surface area contributed by atoms with Crippen LogP contribution in [0.2, 0.25) is 0 Å². The summed E-state index contributed by atoms with van der Waals surface area (Å²) in [7, 11) is -9.79. The minimum atomic E-state index is -4.93. The van der Waals surface area contributed by atoms with E-state index in [4.69, 9.17) is 32.3 Å². The fourth-order valence-corrected chi connectivity index (χ4v) is 11.4. The summed E-state index contributed by atoms with van der Waals surface area (Å²) in [6, 6.07) is 0. The Bertz CT molecular complexity index is 2250. The fourth-order valence-electron chi connectivity index (χ4n) is 9.86. The monoisotopic (exact) mass is 1400 g/mol. The van der Waals surface area contributed by atoms with Crippen molar-refractivity contribution in [1.29, 1.82) is 0 Å². The van der Waals surface area contributed by atoms with Gasteiger partial charge in [-0.05, 0) is 128 Å². The number of hydrogen-bond acceptors (Lipinski definition) is 14. The molecule has 0 aromatic rings. The summed E-state index contributed by atoms with van der Waals surface area (Å²) in [5.74, 6) is -1.61. The maximum atomic E-state index is 12.9. The highest BCUT2D eigenvalue weighted by atomic mass is 31.2. The molecular formula is C79H136O16P2. The molecule has 0 saturated heterocycles. The second kappa shape index (κ2) is 71.8. The van der Waals surface area contributed by atoms with E-state index in [1.54, 1.807) is 0 Å². The van der Waals surface area contributed by atoms with E-state index in [1.165, 1.54) is 96.3 Å². The van der Waals surface area contributed by atoms with Gasteiger partial charge in [-0.1, -0.05) is 277 Å². The predicted octanol–water partition coefficient (Wildman–Crippen LogP) is 21.8. The van der Waals surface area contributed by atoms with Crippen LogP contribution in [-0.4, -0.2) is 95.9 Å². The molecule has 16 nitrogen and oxygen atoms in total. The van der Waals surface area contributed by atoms with Crippen LogP contribution in [0.3, 0.4) is 0 Å². The Kier molecular flexibility index (Phi) is 68.8. The molecule has 5 atom stereocenters. The molecule has 0 spiro atoms. The number of carbonyl (C=O) groups is 3. The molecular weight excluding hydrogens is 1270 g/mol. The van der Waals surface area contributed by atoms with Gasteiger partial charge in [-0.3, -0.25) is 32.5 Å². The van der Waals surface area contributed by atoms with E-state index < -0.39 is 91.5 Å². The Labute approximate surface area is 589 Å². The third kappa shape index (κ3) is 73.0. The van der Waals surface area contributed by atoms with Crippen molar-refractivity contribution in [1.82, 2.24) is 0 Å². The lowest BCUT2D eigenvalue weighted by Gasteiger charge is -2.21. The van der Waals surface area contributed by atoms with Crippen molar-refractivity contribution in [2.45, 2.75) is 322 Å². The van der Waals surface area contributed by atoms with Crippen LogP contribution in [-0.2, 0) is 55.8 Å². The lowest BCUT2D eigenvalue weighted by atomic mass is 10.0. The SMILES string of the molecule is CC/C=C\C/C=C\C/C=C\C/C=C\C/C=C\CCCCCCCCCCCCCCCC(=O)OCC(O)COP(=O)(O)OCC(O)COP(=O)(O)OCC(COC(=O)CCCCCCC/C=C\C/C=C\C/C=C\C/C=C\CCCCC)OC(=O)CCCCCCC/C=C\CCCC. The molecule has 0 amide bonds. The van der Waals surface area contributed by atoms with Gasteiger partial charge < -0.3 is 34.2 Å². The molecule has 0 aliphatic heterocycles. The molecule has 0 fully saturated rings. The van der Waals surface area contributed by atoms with Crippen LogP contribution in [0.5, 0.6) is 0 Å². The van der Waals surface area contributed by atoms with Crippen molar-refractivity contribution < 1.29 is 75.8 Å². The van der Waals surface area contributed by atoms with Crippen molar-refractivity contribution in [2.75, 3.05) is 39.6 Å². The minimum absolute atomic E-state index is 0.0882. The number of carbonyl (C=O) groups excluding carboxylic acids is 3. The molecule has 4 N–H and O–H groups in total. The zero-order valence-corrected chi connectivity index (χ0v) is 62.5. The summed E-state index contributed by atoms with van der Waals surface area (Å²) in [4.78, 5) is 58.4. The third-order valence-corrected chi connectivity index (χ3v) is 17.5. The Morgan fingerprint density at radius 1 is 0.299 bits per heavy atom. The molecule has 97 heavy (non-hydrogen) atoms. The van der Waals surface area contributed by atoms with Gasteiger partial charge >= 0.3 is 33.6 Å². The smallest absolute Gasteiger partial charge is 0.463 e. The maximum absolute atomic E-state index is 12.9. The van der Waals surface area contributed by atoms with Gasteiger partial charge in [0, 0.05) is 19.3 Å². The van der Waals surface area contributed by atoms with Crippen LogP contribution in [0, 0.1) is 0 Å². The number of phosphoric acid groups is 2. The quantitative estimate of drug-likeness (QED) is 0.0146. The van der Waals surface area contributed by atoms with Gasteiger partial charge in [-0.2, -0.15) is 0 Å². The van der Waals surface area contributed by atoms with E-state index in [1.807, 2.05) is 0 Å². The van der Waals surface area contributed by atoms with Crippen molar-refractivity contribution in [3.63, 3.8) is 0 Å². The number of unbranched alkanes of at least 4 members (excludes halogenated alkanes) is 28. The topological polar surface area (TPSA) is 231 Å². The summed E-state index contributed by atoms with van der Waals surface area (Å²) < 4.78 is 61.0. The van der Waals surface area contributed by atoms with Gasteiger partial charge in [0.1, 0.15) is 25.4 Å². The van der Waals surface area contributed by atoms with Gasteiger partial charge in [0.2, 0.25) is 0 Å². The standard InChI is InChI=1S/C79H136O16P2/c1-4-7-10-13-16-19-22-24-26-28-30-32-33-34-35-36-37-38-39-41-43-44-46-48-51-53-56-59-62-65-77(82)89-68-74(80)69-91-96(85,86)92-70-75(81)71-93-97(87,88)94-73-76(95-79(84)67-64-61-58-55-50-21-18-15-12-9-6-3)72-90-78(83)66-63-60-57-54-52-49-47-45-42-40-31-29-27-25-23-20-17-14-11-8-5-2/h7,10,15-20,24-27,30-32,34-35,40,45,47,74-76,80-81H,4-6,8-9,11-14,21-23,28-29,33,36-39,41-44,46,48-73H2,1-3H3,(H,85,86)(H,87,88)/b10-7-,18-15-,19-16-,20-17-,26-24-,27-25-,32-30-,35-34-,40-31-,47-45-. The lowest BCUT2D eigenvalue weighted by molar-refractivity contribution is -0.161. The van der Waals surface area contributed by atoms with E-state index in [-0.39, 0.29) is 19.3 Å². The maximum Gasteiger partial charge on any atom is 0.472 e. The predicted molar refractivity (Wildman–Crippen MR) is 399 cm³/mol. The number of aliphatic hydroxyl groups is 2. The molecule has 558 valence electrons. The molecule has 18 heteroatoms. The number of rotatable bonds is 71. The second-order valence-corrected chi connectivity index (χ2v) is 28.0. The van der Waals surface area contributed by atoms with Crippen LogP contribution in [0.15, 0.2) is 122 Å². The lowest BCUT2D eigenvalue weighted by Crippen LogP contribution is -2.30. The molecule has 0 aliphatic rings. The van der Waals surface area contributed by atoms with Crippen LogP contribution in [0.4, 0.5) is 0 Å². The highest BCUT2D eigenvalue weighted by Crippen LogP contribution is 2.45. The summed E-state index contributed by atoms with van der Waals surface area (Å²) in [6.07, 6.45) is 84.1. The van der Waals surface area contributed by atoms with E-state index in [2.05, 4.69) is 142 Å². The van der Waals surface area contributed by atoms with Gasteiger partial charge in [-0.15, -0.1) is 0 Å². The zero-order chi connectivity index (χ0) is 70.9. The molecule has 0 aliphatic carbocycles. The largest absolute Gasteiger partial charge is 0.472 e. The minimum Gasteiger partial charge on any atom is -0.463 e. The van der Waals surface area contributed by atoms with E-state index in [0.717, 1.165) is 148 Å². The number of allylic oxidation sites excluding steroid dienone is 20. The Hall–Kier alpha value is -4.05. The Balaban J connectivity index is 4.46. The summed E-state index contributed by atoms with van der Waals surface area (Å²) >= 11 is 0. The molecule has 0 aromatic carbocycles. The molecule has 0 bridgehead atoms. The molecule has 0 heterocycles. The number of hydrogen-bond donors (Lipinski definition) is 4. The summed E-state index contributed by atoms with van der Waals surface area (Å²) in [5, 5.41) is 20.6. The van der Waals surface area contributed by atoms with Gasteiger partial charge in [-0.25, -0.2) is 9.13 Å². The first kappa shape index (κ1) is 93.0. The van der Waals surface area contributed by atoms with Gasteiger partial charge in [0.05, 0.1) is 26.4 Å². The van der Waals surface area contributed by atoms with Crippen LogP contribution in [0.1, 0.15) is 303 Å². The van der Waals surface area contributed by atoms with Crippen molar-refractivity contribution in [2.24, 2.45) is 0 Å². The van der Waals surface area contributed by atoms with Crippen LogP contribution in [0.25, 0.3) is 0 Å². The first-order valence-electron chi connectivity index (χ1n) is 37.8. The third-order valence-electron chi connectivity index (χ3n) is 15.6. The summed E-state index contributed by atoms with van der Waals surface area (Å²) in [6.45, 7) is 2.46. The first-order valence-corrected chi connectivity index (χ1v) is 40.8. The summed E-state index contributed by atoms with van der Waals surface area (Å²) in [5.41, 5.74) is 0. The Morgan fingerprint density at radius 3 is 0.907 bits per heavy atom. The molecule has 5 unspecified atom stereocenters. The second-order valence-electron chi connectivity index (χ2n) is 25.1. The molecule has 0 rings (SSSR count). The number of phosphoric ester groups is 2. The van der Waals surface area contributed by atoms with Gasteiger partial charge in [0.25, 0.3) is 0 Å². The highest BCUT2D eigenvalue weighted by Gasteiger charge is 2.29. The van der Waals surface area contributed by atoms with E-state index >= 15 is 0 Å². The number of ether oxygens (including phenoxy) is 3. The Morgan fingerprint density at radius 2 is 0.557 bits per heavy atom. The number of aliphatic hydroxyl groups excluding tert-OH is 2. The molecule has 0 radical (unpaired) electrons. The zero-order valence-electron chi connectivity index (χ0n) is 60.7. The van der Waals surface area contributed by atoms with E-state index in [0.29, 0.717) is 19.3 Å². The average molecular weight is 1400 g/mol.